The summed E-state index contributed by atoms with van der Waals surface area (Å²) in [5.41, 5.74) is 0.657. The molecule has 0 saturated heterocycles. The molecule has 1 aromatic carbocycles. The third kappa shape index (κ3) is 5.92. The molecule has 112 valence electrons. The van der Waals surface area contributed by atoms with E-state index in [0.29, 0.717) is 18.4 Å². The molecule has 0 bridgehead atoms. The molecule has 0 radical (unpaired) electrons. The molecule has 5 heteroatoms. The lowest BCUT2D eigenvalue weighted by Crippen LogP contribution is -2.34. The van der Waals surface area contributed by atoms with Crippen molar-refractivity contribution >= 4 is 17.7 Å². The summed E-state index contributed by atoms with van der Waals surface area (Å²) in [6.07, 6.45) is 2.15. The van der Waals surface area contributed by atoms with E-state index in [1.165, 1.54) is 12.1 Å². The van der Waals surface area contributed by atoms with Gasteiger partial charge in [0.25, 0.3) is 0 Å². The SMILES string of the molecule is CSC(C)CC(=O)NC(C)CC(O)c1ccc(F)cc1. The van der Waals surface area contributed by atoms with Gasteiger partial charge in [0.1, 0.15) is 5.82 Å². The van der Waals surface area contributed by atoms with Gasteiger partial charge in [-0.05, 0) is 37.3 Å². The molecule has 20 heavy (non-hydrogen) atoms. The third-order valence-corrected chi connectivity index (χ3v) is 4.09. The third-order valence-electron chi connectivity index (χ3n) is 3.11. The highest BCUT2D eigenvalue weighted by atomic mass is 32.2. The molecule has 1 aromatic rings. The summed E-state index contributed by atoms with van der Waals surface area (Å²) >= 11 is 1.65. The van der Waals surface area contributed by atoms with Crippen molar-refractivity contribution in [2.24, 2.45) is 0 Å². The van der Waals surface area contributed by atoms with Gasteiger partial charge in [0.05, 0.1) is 6.10 Å². The number of benzene rings is 1. The Morgan fingerprint density at radius 3 is 2.50 bits per heavy atom. The van der Waals surface area contributed by atoms with E-state index in [-0.39, 0.29) is 23.0 Å². The lowest BCUT2D eigenvalue weighted by Gasteiger charge is -2.19. The van der Waals surface area contributed by atoms with Crippen molar-refractivity contribution in [3.8, 4) is 0 Å². The van der Waals surface area contributed by atoms with E-state index in [4.69, 9.17) is 0 Å². The quantitative estimate of drug-likeness (QED) is 0.814. The summed E-state index contributed by atoms with van der Waals surface area (Å²) in [6, 6.07) is 5.63. The standard InChI is InChI=1S/C15H22FNO2S/c1-10(17-15(19)9-11(2)20-3)8-14(18)12-4-6-13(16)7-5-12/h4-7,10-11,14,18H,8-9H2,1-3H3,(H,17,19). The zero-order valence-electron chi connectivity index (χ0n) is 12.1. The van der Waals surface area contributed by atoms with Gasteiger partial charge in [-0.15, -0.1) is 0 Å². The molecule has 0 fully saturated rings. The molecule has 0 aliphatic rings. The van der Waals surface area contributed by atoms with Crippen LogP contribution in [0.2, 0.25) is 0 Å². The minimum absolute atomic E-state index is 0.00865. The van der Waals surface area contributed by atoms with E-state index >= 15 is 0 Å². The zero-order valence-corrected chi connectivity index (χ0v) is 12.9. The molecule has 2 N–H and O–H groups in total. The average molecular weight is 299 g/mol. The van der Waals surface area contributed by atoms with Gasteiger partial charge in [-0.25, -0.2) is 4.39 Å². The second-order valence-corrected chi connectivity index (χ2v) is 6.30. The number of carbonyl (C=O) groups is 1. The number of amides is 1. The molecule has 1 rings (SSSR count). The molecule has 3 atom stereocenters. The fourth-order valence-electron chi connectivity index (χ4n) is 1.89. The summed E-state index contributed by atoms with van der Waals surface area (Å²) in [5.74, 6) is -0.334. The first kappa shape index (κ1) is 17.0. The van der Waals surface area contributed by atoms with Gasteiger partial charge >= 0.3 is 0 Å². The lowest BCUT2D eigenvalue weighted by molar-refractivity contribution is -0.121. The van der Waals surface area contributed by atoms with Crippen LogP contribution in [0.25, 0.3) is 0 Å². The topological polar surface area (TPSA) is 49.3 Å². The van der Waals surface area contributed by atoms with E-state index in [0.717, 1.165) is 0 Å². The van der Waals surface area contributed by atoms with Gasteiger partial charge in [-0.2, -0.15) is 11.8 Å². The van der Waals surface area contributed by atoms with Crippen LogP contribution in [0.4, 0.5) is 4.39 Å². The molecule has 0 heterocycles. The Kier molecular flexibility index (Phi) is 7.02. The molecular formula is C15H22FNO2S. The Morgan fingerprint density at radius 1 is 1.35 bits per heavy atom. The fourth-order valence-corrected chi connectivity index (χ4v) is 2.21. The van der Waals surface area contributed by atoms with Gasteiger partial charge in [0.15, 0.2) is 0 Å². The van der Waals surface area contributed by atoms with Crippen molar-refractivity contribution < 1.29 is 14.3 Å². The summed E-state index contributed by atoms with van der Waals surface area (Å²) in [7, 11) is 0. The highest BCUT2D eigenvalue weighted by Crippen LogP contribution is 2.19. The molecule has 0 saturated carbocycles. The number of rotatable bonds is 7. The summed E-state index contributed by atoms with van der Waals surface area (Å²) in [5, 5.41) is 13.2. The van der Waals surface area contributed by atoms with Gasteiger partial charge < -0.3 is 10.4 Å². The van der Waals surface area contributed by atoms with Crippen molar-refractivity contribution in [3.63, 3.8) is 0 Å². The van der Waals surface area contributed by atoms with Gasteiger partial charge in [0, 0.05) is 17.7 Å². The first-order chi connectivity index (χ1) is 9.42. The van der Waals surface area contributed by atoms with Crippen molar-refractivity contribution in [1.82, 2.24) is 5.32 Å². The number of carbonyl (C=O) groups excluding carboxylic acids is 1. The smallest absolute Gasteiger partial charge is 0.221 e. The number of hydrogen-bond acceptors (Lipinski definition) is 3. The summed E-state index contributed by atoms with van der Waals surface area (Å²) in [6.45, 7) is 3.86. The molecule has 0 aromatic heterocycles. The minimum Gasteiger partial charge on any atom is -0.388 e. The van der Waals surface area contributed by atoms with Crippen LogP contribution in [0.5, 0.6) is 0 Å². The number of aliphatic hydroxyl groups excluding tert-OH is 1. The molecule has 1 amide bonds. The van der Waals surface area contributed by atoms with Crippen LogP contribution in [0.3, 0.4) is 0 Å². The fraction of sp³-hybridized carbons (Fsp3) is 0.533. The van der Waals surface area contributed by atoms with Gasteiger partial charge in [0.2, 0.25) is 5.91 Å². The van der Waals surface area contributed by atoms with Crippen LogP contribution in [0, 0.1) is 5.82 Å². The molecule has 3 nitrogen and oxygen atoms in total. The maximum Gasteiger partial charge on any atom is 0.221 e. The number of halogens is 1. The molecule has 0 aliphatic carbocycles. The zero-order chi connectivity index (χ0) is 15.1. The Hall–Kier alpha value is -1.07. The number of thioether (sulfide) groups is 1. The number of hydrogen-bond donors (Lipinski definition) is 2. The van der Waals surface area contributed by atoms with E-state index in [1.54, 1.807) is 23.9 Å². The predicted molar refractivity (Wildman–Crippen MR) is 81.2 cm³/mol. The minimum atomic E-state index is -0.705. The van der Waals surface area contributed by atoms with Crippen molar-refractivity contribution in [2.75, 3.05) is 6.26 Å². The first-order valence-corrected chi connectivity index (χ1v) is 7.96. The molecular weight excluding hydrogens is 277 g/mol. The highest BCUT2D eigenvalue weighted by molar-refractivity contribution is 7.99. The van der Waals surface area contributed by atoms with E-state index < -0.39 is 6.10 Å². The normalized spacial score (nSPS) is 15.4. The summed E-state index contributed by atoms with van der Waals surface area (Å²) < 4.78 is 12.8. The second-order valence-electron chi connectivity index (χ2n) is 5.02. The first-order valence-electron chi connectivity index (χ1n) is 6.68. The molecule has 0 spiro atoms. The molecule has 3 unspecified atom stereocenters. The van der Waals surface area contributed by atoms with E-state index in [9.17, 15) is 14.3 Å². The highest BCUT2D eigenvalue weighted by Gasteiger charge is 2.15. The maximum absolute atomic E-state index is 12.8. The van der Waals surface area contributed by atoms with E-state index in [2.05, 4.69) is 5.32 Å². The van der Waals surface area contributed by atoms with Crippen LogP contribution >= 0.6 is 11.8 Å². The van der Waals surface area contributed by atoms with Crippen LogP contribution in [0.15, 0.2) is 24.3 Å². The van der Waals surface area contributed by atoms with Gasteiger partial charge in [-0.1, -0.05) is 19.1 Å². The molecule has 0 aliphatic heterocycles. The Balaban J connectivity index is 2.43. The Morgan fingerprint density at radius 2 is 1.95 bits per heavy atom. The van der Waals surface area contributed by atoms with Crippen molar-refractivity contribution in [3.05, 3.63) is 35.6 Å². The Labute approximate surface area is 124 Å². The number of nitrogens with one attached hydrogen (secondary N) is 1. The maximum atomic E-state index is 12.8. The average Bonchev–Trinajstić information content (AvgIpc) is 2.38. The monoisotopic (exact) mass is 299 g/mol. The van der Waals surface area contributed by atoms with Crippen LogP contribution in [-0.4, -0.2) is 28.6 Å². The van der Waals surface area contributed by atoms with Crippen molar-refractivity contribution in [1.29, 1.82) is 0 Å². The second kappa shape index (κ2) is 8.27. The number of aliphatic hydroxyl groups is 1. The van der Waals surface area contributed by atoms with Crippen LogP contribution in [-0.2, 0) is 4.79 Å². The summed E-state index contributed by atoms with van der Waals surface area (Å²) in [4.78, 5) is 11.7. The van der Waals surface area contributed by atoms with Crippen LogP contribution in [0.1, 0.15) is 38.4 Å². The Bertz CT molecular complexity index is 424. The van der Waals surface area contributed by atoms with Gasteiger partial charge in [-0.3, -0.25) is 4.79 Å². The predicted octanol–water partition coefficient (Wildman–Crippen LogP) is 2.90. The van der Waals surface area contributed by atoms with E-state index in [1.807, 2.05) is 20.1 Å². The largest absolute Gasteiger partial charge is 0.388 e. The lowest BCUT2D eigenvalue weighted by atomic mass is 10.0. The van der Waals surface area contributed by atoms with Crippen LogP contribution < -0.4 is 5.32 Å². The van der Waals surface area contributed by atoms with Crippen molar-refractivity contribution in [2.45, 2.75) is 44.1 Å².